The molecule has 0 radical (unpaired) electrons. The van der Waals surface area contributed by atoms with Crippen LogP contribution in [0.1, 0.15) is 44.6 Å². The second-order valence-corrected chi connectivity index (χ2v) is 6.96. The Balaban J connectivity index is 2.44. The van der Waals surface area contributed by atoms with Crippen molar-refractivity contribution < 1.29 is 14.3 Å². The van der Waals surface area contributed by atoms with E-state index in [4.69, 9.17) is 15.2 Å². The number of rotatable bonds is 5. The second-order valence-electron chi connectivity index (χ2n) is 5.79. The molecule has 5 heteroatoms. The lowest BCUT2D eigenvalue weighted by atomic mass is 9.70. The fraction of sp³-hybridized carbons (Fsp3) is 0.588. The largest absolute Gasteiger partial charge is 0.446 e. The molecule has 1 amide bonds. The average molecular weight is 417 g/mol. The Morgan fingerprint density at radius 1 is 1.36 bits per heavy atom. The highest BCUT2D eigenvalue weighted by atomic mass is 127. The van der Waals surface area contributed by atoms with Gasteiger partial charge in [-0.25, -0.2) is 4.79 Å². The van der Waals surface area contributed by atoms with Gasteiger partial charge in [-0.3, -0.25) is 0 Å². The Labute approximate surface area is 145 Å². The van der Waals surface area contributed by atoms with E-state index in [1.54, 1.807) is 7.11 Å². The lowest BCUT2D eigenvalue weighted by Crippen LogP contribution is -2.47. The van der Waals surface area contributed by atoms with Crippen LogP contribution in [0.3, 0.4) is 0 Å². The first-order valence-corrected chi connectivity index (χ1v) is 8.89. The Morgan fingerprint density at radius 3 is 2.64 bits per heavy atom. The first-order valence-electron chi connectivity index (χ1n) is 7.81. The van der Waals surface area contributed by atoms with Crippen molar-refractivity contribution >= 4 is 28.7 Å². The van der Waals surface area contributed by atoms with Crippen LogP contribution in [0.15, 0.2) is 24.3 Å². The van der Waals surface area contributed by atoms with Crippen molar-refractivity contribution in [1.82, 2.24) is 0 Å². The number of halogens is 1. The number of methoxy groups -OCH3 is 1. The minimum absolute atomic E-state index is 0.125. The molecule has 22 heavy (non-hydrogen) atoms. The summed E-state index contributed by atoms with van der Waals surface area (Å²) in [6.07, 6.45) is 3.96. The zero-order valence-electron chi connectivity index (χ0n) is 13.2. The van der Waals surface area contributed by atoms with Gasteiger partial charge in [-0.2, -0.15) is 0 Å². The molecule has 3 atom stereocenters. The van der Waals surface area contributed by atoms with E-state index in [-0.39, 0.29) is 12.0 Å². The third-order valence-electron chi connectivity index (χ3n) is 4.79. The molecule has 0 spiro atoms. The van der Waals surface area contributed by atoms with E-state index in [0.29, 0.717) is 0 Å². The monoisotopic (exact) mass is 417 g/mol. The molecule has 0 heterocycles. The number of carbonyl (C=O) groups excluding carboxylic acids is 1. The standard InChI is InChI=1S/C17H24INO3/c1-3-17(21-2,12-8-4-6-10-14(12)18)13-9-5-7-11-15(13)22-16(19)20/h4,6,8,10,13,15H,3,5,7,9,11H2,1-2H3,(H2,19,20)/t13-,15-,17?/m0/s1. The number of primary amides is 1. The quantitative estimate of drug-likeness (QED) is 0.731. The average Bonchev–Trinajstić information content (AvgIpc) is 2.51. The van der Waals surface area contributed by atoms with E-state index in [1.807, 2.05) is 12.1 Å². The van der Waals surface area contributed by atoms with E-state index in [9.17, 15) is 4.79 Å². The van der Waals surface area contributed by atoms with Gasteiger partial charge in [0.1, 0.15) is 6.10 Å². The van der Waals surface area contributed by atoms with Crippen LogP contribution >= 0.6 is 22.6 Å². The normalized spacial score (nSPS) is 24.5. The predicted molar refractivity (Wildman–Crippen MR) is 94.6 cm³/mol. The Kier molecular flexibility index (Phi) is 6.09. The third kappa shape index (κ3) is 3.40. The van der Waals surface area contributed by atoms with Gasteiger partial charge >= 0.3 is 6.09 Å². The maximum absolute atomic E-state index is 11.3. The summed E-state index contributed by atoms with van der Waals surface area (Å²) < 4.78 is 12.7. The van der Waals surface area contributed by atoms with Crippen molar-refractivity contribution in [2.75, 3.05) is 7.11 Å². The zero-order valence-corrected chi connectivity index (χ0v) is 15.3. The van der Waals surface area contributed by atoms with Crippen LogP contribution in [0.2, 0.25) is 0 Å². The number of nitrogens with two attached hydrogens (primary N) is 1. The van der Waals surface area contributed by atoms with Crippen LogP contribution in [0.4, 0.5) is 4.79 Å². The molecule has 1 saturated carbocycles. The zero-order chi connectivity index (χ0) is 16.2. The molecule has 0 aromatic heterocycles. The van der Waals surface area contributed by atoms with E-state index < -0.39 is 11.7 Å². The van der Waals surface area contributed by atoms with Crippen LogP contribution in [-0.2, 0) is 15.1 Å². The van der Waals surface area contributed by atoms with Gasteiger partial charge in [0.25, 0.3) is 0 Å². The second kappa shape index (κ2) is 7.64. The summed E-state index contributed by atoms with van der Waals surface area (Å²) in [6.45, 7) is 2.13. The number of hydrogen-bond donors (Lipinski definition) is 1. The summed E-state index contributed by atoms with van der Waals surface area (Å²) in [5.74, 6) is 0.125. The van der Waals surface area contributed by atoms with Crippen molar-refractivity contribution in [1.29, 1.82) is 0 Å². The highest BCUT2D eigenvalue weighted by molar-refractivity contribution is 14.1. The summed E-state index contributed by atoms with van der Waals surface area (Å²) in [4.78, 5) is 11.3. The number of hydrogen-bond acceptors (Lipinski definition) is 3. The van der Waals surface area contributed by atoms with Crippen molar-refractivity contribution in [2.45, 2.75) is 50.7 Å². The Morgan fingerprint density at radius 2 is 2.05 bits per heavy atom. The minimum atomic E-state index is -0.694. The number of benzene rings is 1. The Bertz CT molecular complexity index is 516. The van der Waals surface area contributed by atoms with Gasteiger partial charge < -0.3 is 15.2 Å². The van der Waals surface area contributed by atoms with Gasteiger partial charge in [0.2, 0.25) is 0 Å². The van der Waals surface area contributed by atoms with E-state index in [1.165, 1.54) is 9.13 Å². The number of carbonyl (C=O) groups is 1. The van der Waals surface area contributed by atoms with E-state index in [0.717, 1.165) is 32.1 Å². The van der Waals surface area contributed by atoms with Crippen molar-refractivity contribution in [3.05, 3.63) is 33.4 Å². The van der Waals surface area contributed by atoms with Crippen molar-refractivity contribution in [3.8, 4) is 0 Å². The molecule has 1 aliphatic carbocycles. The molecule has 0 bridgehead atoms. The first kappa shape index (κ1) is 17.5. The molecule has 0 aliphatic heterocycles. The van der Waals surface area contributed by atoms with Crippen LogP contribution in [-0.4, -0.2) is 19.3 Å². The summed E-state index contributed by atoms with van der Waals surface area (Å²) in [6, 6.07) is 8.27. The van der Waals surface area contributed by atoms with Gasteiger partial charge in [0.05, 0.1) is 5.60 Å². The SMILES string of the molecule is CCC(OC)(c1ccccc1I)[C@H]1CCCC[C@@H]1OC(N)=O. The lowest BCUT2D eigenvalue weighted by molar-refractivity contribution is -0.121. The van der Waals surface area contributed by atoms with Gasteiger partial charge in [-0.15, -0.1) is 0 Å². The summed E-state index contributed by atoms with van der Waals surface area (Å²) in [5, 5.41) is 0. The van der Waals surface area contributed by atoms with Gasteiger partial charge in [-0.1, -0.05) is 31.5 Å². The van der Waals surface area contributed by atoms with Gasteiger partial charge in [-0.05, 0) is 59.9 Å². The topological polar surface area (TPSA) is 61.6 Å². The molecule has 1 aliphatic rings. The summed E-state index contributed by atoms with van der Waals surface area (Å²) in [7, 11) is 1.75. The molecular weight excluding hydrogens is 393 g/mol. The van der Waals surface area contributed by atoms with Gasteiger partial charge in [0, 0.05) is 16.6 Å². The summed E-state index contributed by atoms with van der Waals surface area (Å²) >= 11 is 2.35. The van der Waals surface area contributed by atoms with Crippen LogP contribution < -0.4 is 5.73 Å². The molecule has 1 fully saturated rings. The number of amides is 1. The fourth-order valence-corrected chi connectivity index (χ4v) is 4.63. The predicted octanol–water partition coefficient (Wildman–Crippen LogP) is 4.20. The highest BCUT2D eigenvalue weighted by Crippen LogP contribution is 2.46. The lowest BCUT2D eigenvalue weighted by Gasteiger charge is -2.45. The maximum atomic E-state index is 11.3. The minimum Gasteiger partial charge on any atom is -0.446 e. The fourth-order valence-electron chi connectivity index (χ4n) is 3.78. The molecule has 1 aromatic carbocycles. The van der Waals surface area contributed by atoms with Gasteiger partial charge in [0.15, 0.2) is 0 Å². The van der Waals surface area contributed by atoms with Crippen LogP contribution in [0, 0.1) is 9.49 Å². The van der Waals surface area contributed by atoms with E-state index in [2.05, 4.69) is 41.6 Å². The molecule has 2 rings (SSSR count). The highest BCUT2D eigenvalue weighted by Gasteiger charge is 2.46. The Hall–Kier alpha value is -0.820. The van der Waals surface area contributed by atoms with Crippen molar-refractivity contribution in [3.63, 3.8) is 0 Å². The first-order chi connectivity index (χ1) is 10.5. The summed E-state index contributed by atoms with van der Waals surface area (Å²) in [5.41, 5.74) is 6.00. The van der Waals surface area contributed by atoms with Crippen LogP contribution in [0.5, 0.6) is 0 Å². The molecular formula is C17H24INO3. The van der Waals surface area contributed by atoms with Crippen LogP contribution in [0.25, 0.3) is 0 Å². The third-order valence-corrected chi connectivity index (χ3v) is 5.73. The molecule has 4 nitrogen and oxygen atoms in total. The maximum Gasteiger partial charge on any atom is 0.404 e. The number of ether oxygens (including phenoxy) is 2. The molecule has 122 valence electrons. The van der Waals surface area contributed by atoms with Crippen molar-refractivity contribution in [2.24, 2.45) is 11.7 Å². The molecule has 2 N–H and O–H groups in total. The molecule has 0 saturated heterocycles. The van der Waals surface area contributed by atoms with E-state index >= 15 is 0 Å². The molecule has 1 unspecified atom stereocenters. The molecule has 1 aromatic rings. The smallest absolute Gasteiger partial charge is 0.404 e.